The van der Waals surface area contributed by atoms with Gasteiger partial charge in [0.2, 0.25) is 5.91 Å². The van der Waals surface area contributed by atoms with Crippen LogP contribution in [-0.4, -0.2) is 62.5 Å². The summed E-state index contributed by atoms with van der Waals surface area (Å²) >= 11 is 0. The number of aliphatic imine (C=N–C) groups is 1. The standard InChI is InChI=1S/C21H32N4O2/c1-24(2)19(26)15-23-20(22-14-17-6-8-18(27-3)9-7-17)25-13-12-21(16-25)10-4-5-11-21/h6-9H,4-5,10-16H2,1-3H3,(H,22,23). The van der Waals surface area contributed by atoms with Crippen LogP contribution in [-0.2, 0) is 11.3 Å². The van der Waals surface area contributed by atoms with Crippen molar-refractivity contribution in [2.24, 2.45) is 10.4 Å². The predicted molar refractivity (Wildman–Crippen MR) is 108 cm³/mol. The normalized spacial score (nSPS) is 18.8. The Bertz CT molecular complexity index is 663. The van der Waals surface area contributed by atoms with Crippen molar-refractivity contribution >= 4 is 11.9 Å². The van der Waals surface area contributed by atoms with Crippen LogP contribution in [0.5, 0.6) is 5.75 Å². The number of carbonyl (C=O) groups is 1. The number of rotatable bonds is 5. The van der Waals surface area contributed by atoms with Gasteiger partial charge in [-0.05, 0) is 42.4 Å². The summed E-state index contributed by atoms with van der Waals surface area (Å²) < 4.78 is 5.22. The van der Waals surface area contributed by atoms with Gasteiger partial charge in [-0.25, -0.2) is 4.99 Å². The van der Waals surface area contributed by atoms with E-state index in [1.165, 1.54) is 32.1 Å². The summed E-state index contributed by atoms with van der Waals surface area (Å²) in [4.78, 5) is 20.8. The lowest BCUT2D eigenvalue weighted by Gasteiger charge is -2.26. The van der Waals surface area contributed by atoms with Crippen LogP contribution in [0.2, 0.25) is 0 Å². The van der Waals surface area contributed by atoms with Gasteiger partial charge >= 0.3 is 0 Å². The van der Waals surface area contributed by atoms with Crippen LogP contribution in [0.3, 0.4) is 0 Å². The number of ether oxygens (including phenoxy) is 1. The molecule has 148 valence electrons. The first-order valence-electron chi connectivity index (χ1n) is 9.88. The van der Waals surface area contributed by atoms with E-state index in [9.17, 15) is 4.79 Å². The van der Waals surface area contributed by atoms with Crippen molar-refractivity contribution in [2.45, 2.75) is 38.6 Å². The second-order valence-corrected chi connectivity index (χ2v) is 8.01. The van der Waals surface area contributed by atoms with Gasteiger partial charge in [0.1, 0.15) is 5.75 Å². The lowest BCUT2D eigenvalue weighted by molar-refractivity contribution is -0.127. The molecule has 1 N–H and O–H groups in total. The van der Waals surface area contributed by atoms with Gasteiger partial charge in [-0.2, -0.15) is 0 Å². The van der Waals surface area contributed by atoms with Crippen LogP contribution in [0.15, 0.2) is 29.3 Å². The first kappa shape index (κ1) is 19.5. The van der Waals surface area contributed by atoms with Crippen molar-refractivity contribution in [3.63, 3.8) is 0 Å². The number of amides is 1. The molecule has 1 aromatic rings. The third-order valence-electron chi connectivity index (χ3n) is 5.87. The van der Waals surface area contributed by atoms with E-state index in [0.29, 0.717) is 12.0 Å². The molecule has 1 saturated heterocycles. The second kappa shape index (κ2) is 8.63. The van der Waals surface area contributed by atoms with Crippen LogP contribution >= 0.6 is 0 Å². The van der Waals surface area contributed by atoms with Crippen molar-refractivity contribution < 1.29 is 9.53 Å². The molecule has 6 heteroatoms. The number of likely N-dealkylation sites (N-methyl/N-ethyl adjacent to an activating group) is 1. The van der Waals surface area contributed by atoms with Gasteiger partial charge in [-0.15, -0.1) is 0 Å². The highest BCUT2D eigenvalue weighted by Crippen LogP contribution is 2.45. The first-order chi connectivity index (χ1) is 13.0. The highest BCUT2D eigenvalue weighted by atomic mass is 16.5. The number of hydrogen-bond acceptors (Lipinski definition) is 3. The Morgan fingerprint density at radius 1 is 1.22 bits per heavy atom. The maximum atomic E-state index is 12.0. The molecular formula is C21H32N4O2. The summed E-state index contributed by atoms with van der Waals surface area (Å²) in [5.41, 5.74) is 1.59. The van der Waals surface area contributed by atoms with Crippen LogP contribution in [0.1, 0.15) is 37.7 Å². The fraction of sp³-hybridized carbons (Fsp3) is 0.619. The van der Waals surface area contributed by atoms with E-state index in [1.807, 2.05) is 24.3 Å². The minimum atomic E-state index is 0.0573. The SMILES string of the molecule is COc1ccc(CN=C(NCC(=O)N(C)C)N2CCC3(CCCC3)C2)cc1. The third kappa shape index (κ3) is 4.93. The Morgan fingerprint density at radius 3 is 2.56 bits per heavy atom. The summed E-state index contributed by atoms with van der Waals surface area (Å²) in [6.07, 6.45) is 6.58. The van der Waals surface area contributed by atoms with Gasteiger partial charge in [0.25, 0.3) is 0 Å². The number of carbonyl (C=O) groups excluding carboxylic acids is 1. The molecular weight excluding hydrogens is 340 g/mol. The largest absolute Gasteiger partial charge is 0.497 e. The molecule has 0 aromatic heterocycles. The molecule has 0 bridgehead atoms. The fourth-order valence-electron chi connectivity index (χ4n) is 4.13. The topological polar surface area (TPSA) is 57.2 Å². The summed E-state index contributed by atoms with van der Waals surface area (Å²) in [6.45, 7) is 2.94. The molecule has 1 aromatic carbocycles. The lowest BCUT2D eigenvalue weighted by atomic mass is 9.86. The van der Waals surface area contributed by atoms with E-state index >= 15 is 0 Å². The van der Waals surface area contributed by atoms with Crippen LogP contribution < -0.4 is 10.1 Å². The van der Waals surface area contributed by atoms with Gasteiger partial charge in [-0.1, -0.05) is 25.0 Å². The van der Waals surface area contributed by atoms with Crippen LogP contribution in [0.4, 0.5) is 0 Å². The number of benzene rings is 1. The number of hydrogen-bond donors (Lipinski definition) is 1. The monoisotopic (exact) mass is 372 g/mol. The summed E-state index contributed by atoms with van der Waals surface area (Å²) in [7, 11) is 5.23. The van der Waals surface area contributed by atoms with Crippen LogP contribution in [0, 0.1) is 5.41 Å². The highest BCUT2D eigenvalue weighted by molar-refractivity contribution is 5.86. The van der Waals surface area contributed by atoms with E-state index in [2.05, 4.69) is 10.2 Å². The van der Waals surface area contributed by atoms with E-state index in [0.717, 1.165) is 30.4 Å². The lowest BCUT2D eigenvalue weighted by Crippen LogP contribution is -2.45. The minimum absolute atomic E-state index is 0.0573. The molecule has 1 heterocycles. The van der Waals surface area contributed by atoms with Crippen molar-refractivity contribution in [3.8, 4) is 5.75 Å². The molecule has 2 fully saturated rings. The Morgan fingerprint density at radius 2 is 1.93 bits per heavy atom. The molecule has 1 aliphatic heterocycles. The Labute approximate surface area is 162 Å². The summed E-state index contributed by atoms with van der Waals surface area (Å²) in [5.74, 6) is 1.76. The maximum absolute atomic E-state index is 12.0. The molecule has 0 unspecified atom stereocenters. The first-order valence-corrected chi connectivity index (χ1v) is 9.88. The number of likely N-dealkylation sites (tertiary alicyclic amines) is 1. The summed E-state index contributed by atoms with van der Waals surface area (Å²) in [6, 6.07) is 7.98. The van der Waals surface area contributed by atoms with E-state index in [1.54, 1.807) is 26.1 Å². The average molecular weight is 373 g/mol. The van der Waals surface area contributed by atoms with Crippen molar-refractivity contribution in [3.05, 3.63) is 29.8 Å². The highest BCUT2D eigenvalue weighted by Gasteiger charge is 2.41. The van der Waals surface area contributed by atoms with Crippen molar-refractivity contribution in [1.29, 1.82) is 0 Å². The smallest absolute Gasteiger partial charge is 0.241 e. The average Bonchev–Trinajstić information content (AvgIpc) is 3.32. The predicted octanol–water partition coefficient (Wildman–Crippen LogP) is 2.50. The Kier molecular flexibility index (Phi) is 6.24. The molecule has 0 atom stereocenters. The van der Waals surface area contributed by atoms with E-state index in [4.69, 9.17) is 9.73 Å². The molecule has 3 rings (SSSR count). The molecule has 2 aliphatic rings. The van der Waals surface area contributed by atoms with E-state index in [-0.39, 0.29) is 12.5 Å². The maximum Gasteiger partial charge on any atom is 0.241 e. The zero-order chi connectivity index (χ0) is 19.3. The fourth-order valence-corrected chi connectivity index (χ4v) is 4.13. The van der Waals surface area contributed by atoms with Gasteiger partial charge in [0.15, 0.2) is 5.96 Å². The van der Waals surface area contributed by atoms with Gasteiger partial charge in [0.05, 0.1) is 20.2 Å². The molecule has 27 heavy (non-hydrogen) atoms. The number of guanidine groups is 1. The molecule has 1 amide bonds. The molecule has 6 nitrogen and oxygen atoms in total. The second-order valence-electron chi connectivity index (χ2n) is 8.01. The quantitative estimate of drug-likeness (QED) is 0.637. The number of nitrogens with zero attached hydrogens (tertiary/aromatic N) is 3. The van der Waals surface area contributed by atoms with Gasteiger partial charge < -0.3 is 19.9 Å². The zero-order valence-electron chi connectivity index (χ0n) is 16.8. The molecule has 1 aliphatic carbocycles. The van der Waals surface area contributed by atoms with Crippen molar-refractivity contribution in [1.82, 2.24) is 15.1 Å². The van der Waals surface area contributed by atoms with E-state index < -0.39 is 0 Å². The number of nitrogens with one attached hydrogen (secondary N) is 1. The summed E-state index contributed by atoms with van der Waals surface area (Å²) in [5, 5.41) is 3.30. The van der Waals surface area contributed by atoms with Crippen LogP contribution in [0.25, 0.3) is 0 Å². The Balaban J connectivity index is 1.69. The molecule has 1 saturated carbocycles. The minimum Gasteiger partial charge on any atom is -0.497 e. The number of methoxy groups -OCH3 is 1. The van der Waals surface area contributed by atoms with Crippen molar-refractivity contribution in [2.75, 3.05) is 40.8 Å². The van der Waals surface area contributed by atoms with Gasteiger partial charge in [-0.3, -0.25) is 4.79 Å². The zero-order valence-corrected chi connectivity index (χ0v) is 16.8. The third-order valence-corrected chi connectivity index (χ3v) is 5.87. The Hall–Kier alpha value is -2.24. The molecule has 1 spiro atoms. The van der Waals surface area contributed by atoms with Gasteiger partial charge in [0, 0.05) is 27.2 Å². The molecule has 0 radical (unpaired) electrons.